The number of hydrogen-bond donors (Lipinski definition) is 2. The summed E-state index contributed by atoms with van der Waals surface area (Å²) in [5, 5.41) is 6.53. The van der Waals surface area contributed by atoms with Gasteiger partial charge in [-0.05, 0) is 49.6 Å². The third-order valence-corrected chi connectivity index (χ3v) is 5.93. The second-order valence-electron chi connectivity index (χ2n) is 7.78. The summed E-state index contributed by atoms with van der Waals surface area (Å²) in [6, 6.07) is 13.7. The summed E-state index contributed by atoms with van der Waals surface area (Å²) in [7, 11) is 1.61. The minimum atomic E-state index is -0.178. The summed E-state index contributed by atoms with van der Waals surface area (Å²) in [5.74, 6) is -0.307. The molecule has 3 rings (SSSR count). The van der Waals surface area contributed by atoms with Crippen LogP contribution in [-0.2, 0) is 4.74 Å². The first-order chi connectivity index (χ1) is 15.4. The zero-order chi connectivity index (χ0) is 23.1. The van der Waals surface area contributed by atoms with Crippen LogP contribution in [0.2, 0.25) is 0 Å². The Bertz CT molecular complexity index is 1080. The first-order valence-corrected chi connectivity index (χ1v) is 11.5. The maximum atomic E-state index is 12.9. The summed E-state index contributed by atoms with van der Waals surface area (Å²) in [6.07, 6.45) is 2.46. The molecule has 0 saturated heterocycles. The monoisotopic (exact) mass is 451 g/mol. The van der Waals surface area contributed by atoms with Gasteiger partial charge in [-0.1, -0.05) is 36.8 Å². The Balaban J connectivity index is 1.98. The highest BCUT2D eigenvalue weighted by Crippen LogP contribution is 2.31. The number of benzene rings is 2. The Morgan fingerprint density at radius 1 is 1.06 bits per heavy atom. The van der Waals surface area contributed by atoms with Crippen molar-refractivity contribution >= 4 is 23.2 Å². The normalized spacial score (nSPS) is 11.8. The number of methoxy groups -OCH3 is 1. The molecule has 2 aromatic carbocycles. The Labute approximate surface area is 193 Å². The minimum Gasteiger partial charge on any atom is -0.383 e. The van der Waals surface area contributed by atoms with Crippen LogP contribution in [-0.4, -0.2) is 43.1 Å². The third kappa shape index (κ3) is 6.02. The van der Waals surface area contributed by atoms with E-state index in [2.05, 4.69) is 15.6 Å². The quantitative estimate of drug-likeness (QED) is 0.495. The van der Waals surface area contributed by atoms with E-state index in [1.807, 2.05) is 63.2 Å². The first kappa shape index (κ1) is 23.6. The smallest absolute Gasteiger partial charge is 0.263 e. The number of rotatable bonds is 9. The molecule has 0 aliphatic carbocycles. The lowest BCUT2D eigenvalue weighted by atomic mass is 9.98. The number of amides is 2. The molecule has 6 nitrogen and oxygen atoms in total. The zero-order valence-electron chi connectivity index (χ0n) is 18.9. The van der Waals surface area contributed by atoms with E-state index in [4.69, 9.17) is 4.74 Å². The number of aromatic nitrogens is 1. The van der Waals surface area contributed by atoms with Crippen LogP contribution >= 0.6 is 11.3 Å². The molecule has 1 unspecified atom stereocenters. The van der Waals surface area contributed by atoms with Crippen molar-refractivity contribution in [2.24, 2.45) is 0 Å². The SMILES string of the molecule is CCCNC(=O)c1cnc(-c2cc(C(=O)NC(C)COC)cc(-c3ccc(C)cc3)c2)s1. The van der Waals surface area contributed by atoms with E-state index in [9.17, 15) is 9.59 Å². The van der Waals surface area contributed by atoms with E-state index < -0.39 is 0 Å². The summed E-state index contributed by atoms with van der Waals surface area (Å²) in [6.45, 7) is 7.00. The van der Waals surface area contributed by atoms with Gasteiger partial charge in [0, 0.05) is 30.8 Å². The van der Waals surface area contributed by atoms with Gasteiger partial charge in [-0.2, -0.15) is 0 Å². The van der Waals surface area contributed by atoms with Crippen molar-refractivity contribution < 1.29 is 14.3 Å². The molecule has 0 spiro atoms. The molecule has 2 N–H and O–H groups in total. The zero-order valence-corrected chi connectivity index (χ0v) is 19.7. The van der Waals surface area contributed by atoms with E-state index in [1.165, 1.54) is 16.9 Å². The number of carbonyl (C=O) groups excluding carboxylic acids is 2. The van der Waals surface area contributed by atoms with E-state index in [1.54, 1.807) is 13.3 Å². The molecule has 0 bridgehead atoms. The average molecular weight is 452 g/mol. The molecular formula is C25H29N3O3S. The van der Waals surface area contributed by atoms with Crippen LogP contribution in [0.15, 0.2) is 48.7 Å². The molecule has 0 radical (unpaired) electrons. The summed E-state index contributed by atoms with van der Waals surface area (Å²) in [5.41, 5.74) is 4.42. The van der Waals surface area contributed by atoms with Crippen LogP contribution < -0.4 is 10.6 Å². The van der Waals surface area contributed by atoms with Crippen LogP contribution in [0.25, 0.3) is 21.7 Å². The van der Waals surface area contributed by atoms with Crippen LogP contribution in [0.5, 0.6) is 0 Å². The fourth-order valence-electron chi connectivity index (χ4n) is 3.23. The predicted octanol–water partition coefficient (Wildman–Crippen LogP) is 4.69. The van der Waals surface area contributed by atoms with Gasteiger partial charge in [0.15, 0.2) is 0 Å². The molecule has 2 amide bonds. The third-order valence-electron chi connectivity index (χ3n) is 4.89. The maximum absolute atomic E-state index is 12.9. The highest BCUT2D eigenvalue weighted by Gasteiger charge is 2.16. The van der Waals surface area contributed by atoms with E-state index in [0.29, 0.717) is 28.6 Å². The van der Waals surface area contributed by atoms with Gasteiger partial charge >= 0.3 is 0 Å². The summed E-state index contributed by atoms with van der Waals surface area (Å²) < 4.78 is 5.13. The van der Waals surface area contributed by atoms with Gasteiger partial charge in [-0.25, -0.2) is 4.98 Å². The van der Waals surface area contributed by atoms with E-state index >= 15 is 0 Å². The molecule has 1 aromatic heterocycles. The van der Waals surface area contributed by atoms with Crippen LogP contribution in [0.4, 0.5) is 0 Å². The molecule has 1 heterocycles. The van der Waals surface area contributed by atoms with Gasteiger partial charge in [0.25, 0.3) is 11.8 Å². The minimum absolute atomic E-state index is 0.118. The van der Waals surface area contributed by atoms with Crippen molar-refractivity contribution in [3.05, 3.63) is 64.7 Å². The molecule has 168 valence electrons. The number of ether oxygens (including phenoxy) is 1. The summed E-state index contributed by atoms with van der Waals surface area (Å²) in [4.78, 5) is 30.3. The van der Waals surface area contributed by atoms with Crippen molar-refractivity contribution in [2.75, 3.05) is 20.3 Å². The molecule has 1 atom stereocenters. The average Bonchev–Trinajstić information content (AvgIpc) is 3.28. The Kier molecular flexibility index (Phi) is 8.14. The van der Waals surface area contributed by atoms with Crippen molar-refractivity contribution in [1.82, 2.24) is 15.6 Å². The second-order valence-corrected chi connectivity index (χ2v) is 8.81. The number of hydrogen-bond acceptors (Lipinski definition) is 5. The van der Waals surface area contributed by atoms with Gasteiger partial charge in [0.05, 0.1) is 12.8 Å². The van der Waals surface area contributed by atoms with E-state index in [-0.39, 0.29) is 17.9 Å². The fraction of sp³-hybridized carbons (Fsp3) is 0.320. The van der Waals surface area contributed by atoms with Crippen LogP contribution in [0.1, 0.15) is 45.9 Å². The number of nitrogens with one attached hydrogen (secondary N) is 2. The molecule has 32 heavy (non-hydrogen) atoms. The number of aryl methyl sites for hydroxylation is 1. The Hall–Kier alpha value is -3.03. The maximum Gasteiger partial charge on any atom is 0.263 e. The van der Waals surface area contributed by atoms with Gasteiger partial charge in [0.1, 0.15) is 9.88 Å². The van der Waals surface area contributed by atoms with Crippen molar-refractivity contribution in [2.45, 2.75) is 33.2 Å². The highest BCUT2D eigenvalue weighted by molar-refractivity contribution is 7.16. The second kappa shape index (κ2) is 11.0. The fourth-order valence-corrected chi connectivity index (χ4v) is 4.05. The van der Waals surface area contributed by atoms with Crippen molar-refractivity contribution in [1.29, 1.82) is 0 Å². The molecule has 0 aliphatic heterocycles. The number of nitrogens with zero attached hydrogens (tertiary/aromatic N) is 1. The molecular weight excluding hydrogens is 422 g/mol. The molecule has 0 aliphatic rings. The standard InChI is InChI=1S/C25H29N3O3S/c1-5-10-26-24(30)22-14-27-25(32-22)21-12-19(18-8-6-16(2)7-9-18)11-20(13-21)23(29)28-17(3)15-31-4/h6-9,11-14,17H,5,10,15H2,1-4H3,(H,26,30)(H,28,29). The largest absolute Gasteiger partial charge is 0.383 e. The topological polar surface area (TPSA) is 80.3 Å². The molecule has 0 saturated carbocycles. The molecule has 0 fully saturated rings. The van der Waals surface area contributed by atoms with Crippen molar-refractivity contribution in [3.63, 3.8) is 0 Å². The van der Waals surface area contributed by atoms with Crippen molar-refractivity contribution in [3.8, 4) is 21.7 Å². The number of thiazole rings is 1. The van der Waals surface area contributed by atoms with Crippen LogP contribution in [0, 0.1) is 6.92 Å². The van der Waals surface area contributed by atoms with Gasteiger partial charge in [0.2, 0.25) is 0 Å². The van der Waals surface area contributed by atoms with Gasteiger partial charge in [-0.3, -0.25) is 9.59 Å². The molecule has 7 heteroatoms. The predicted molar refractivity (Wildman–Crippen MR) is 129 cm³/mol. The Morgan fingerprint density at radius 3 is 2.47 bits per heavy atom. The number of carbonyl (C=O) groups is 2. The first-order valence-electron chi connectivity index (χ1n) is 10.7. The van der Waals surface area contributed by atoms with E-state index in [0.717, 1.165) is 23.1 Å². The lowest BCUT2D eigenvalue weighted by molar-refractivity contribution is 0.0904. The summed E-state index contributed by atoms with van der Waals surface area (Å²) >= 11 is 1.32. The van der Waals surface area contributed by atoms with Gasteiger partial charge < -0.3 is 15.4 Å². The highest BCUT2D eigenvalue weighted by atomic mass is 32.1. The Morgan fingerprint density at radius 2 is 1.78 bits per heavy atom. The lowest BCUT2D eigenvalue weighted by Crippen LogP contribution is -2.35. The van der Waals surface area contributed by atoms with Gasteiger partial charge in [-0.15, -0.1) is 11.3 Å². The van der Waals surface area contributed by atoms with Crippen LogP contribution in [0.3, 0.4) is 0 Å². The molecule has 3 aromatic rings. The lowest BCUT2D eigenvalue weighted by Gasteiger charge is -2.14.